The summed E-state index contributed by atoms with van der Waals surface area (Å²) in [6, 6.07) is 0. The second-order valence-corrected chi connectivity index (χ2v) is 14.8. The lowest BCUT2D eigenvalue weighted by Gasteiger charge is -2.49. The van der Waals surface area contributed by atoms with Gasteiger partial charge in [-0.05, 0) is 19.3 Å². The van der Waals surface area contributed by atoms with Gasteiger partial charge in [-0.2, -0.15) is 0 Å². The van der Waals surface area contributed by atoms with Gasteiger partial charge in [-0.3, -0.25) is 0 Å². The van der Waals surface area contributed by atoms with Crippen LogP contribution in [0.2, 0.25) is 0 Å². The molecule has 0 heterocycles. The van der Waals surface area contributed by atoms with Crippen molar-refractivity contribution in [1.29, 1.82) is 0 Å². The molecule has 0 aliphatic heterocycles. The molecule has 0 aliphatic rings. The van der Waals surface area contributed by atoms with Crippen LogP contribution in [0.1, 0.15) is 233 Å². The molecule has 0 aromatic heterocycles. The molecule has 0 aliphatic carbocycles. The van der Waals surface area contributed by atoms with Crippen molar-refractivity contribution in [2.45, 2.75) is 233 Å². The van der Waals surface area contributed by atoms with E-state index in [0.717, 1.165) is 38.5 Å². The predicted molar refractivity (Wildman–Crippen MR) is 196 cm³/mol. The van der Waals surface area contributed by atoms with E-state index in [1.807, 2.05) is 0 Å². The fourth-order valence-corrected chi connectivity index (χ4v) is 7.64. The third-order valence-corrected chi connectivity index (χ3v) is 11.1. The molecule has 0 bridgehead atoms. The van der Waals surface area contributed by atoms with Crippen molar-refractivity contribution in [2.75, 3.05) is 19.8 Å². The molecular weight excluding hydrogens is 540 g/mol. The maximum Gasteiger partial charge on any atom is 0.0515 e. The zero-order valence-electron chi connectivity index (χ0n) is 30.8. The van der Waals surface area contributed by atoms with E-state index in [1.165, 1.54) is 173 Å². The van der Waals surface area contributed by atoms with Gasteiger partial charge in [0.25, 0.3) is 0 Å². The Bertz CT molecular complexity index is 520. The summed E-state index contributed by atoms with van der Waals surface area (Å²) >= 11 is 0. The Balaban J connectivity index is 4.89. The van der Waals surface area contributed by atoms with E-state index >= 15 is 0 Å². The van der Waals surface area contributed by atoms with Crippen LogP contribution in [0.15, 0.2) is 0 Å². The minimum Gasteiger partial charge on any atom is -0.396 e. The molecule has 3 nitrogen and oxygen atoms in total. The molecular formula is C41H84O3. The fraction of sp³-hybridized carbons (Fsp3) is 1.00. The number of hydrogen-bond acceptors (Lipinski definition) is 3. The molecule has 0 unspecified atom stereocenters. The van der Waals surface area contributed by atoms with Crippen LogP contribution in [0.5, 0.6) is 0 Å². The lowest BCUT2D eigenvalue weighted by Crippen LogP contribution is -2.50. The van der Waals surface area contributed by atoms with Crippen molar-refractivity contribution >= 4 is 0 Å². The Hall–Kier alpha value is -0.120. The molecule has 0 amide bonds. The van der Waals surface area contributed by atoms with Gasteiger partial charge in [0.05, 0.1) is 13.2 Å². The first-order valence-electron chi connectivity index (χ1n) is 20.4. The number of rotatable bonds is 37. The van der Waals surface area contributed by atoms with Crippen molar-refractivity contribution in [3.05, 3.63) is 0 Å². The summed E-state index contributed by atoms with van der Waals surface area (Å²) in [6.07, 6.45) is 41.8. The van der Waals surface area contributed by atoms with E-state index in [4.69, 9.17) is 0 Å². The molecule has 0 saturated heterocycles. The van der Waals surface area contributed by atoms with Crippen molar-refractivity contribution in [2.24, 2.45) is 10.8 Å². The molecule has 0 atom stereocenters. The molecule has 3 N–H and O–H groups in total. The largest absolute Gasteiger partial charge is 0.396 e. The zero-order valence-corrected chi connectivity index (χ0v) is 30.8. The average molecular weight is 625 g/mol. The molecule has 0 saturated carbocycles. The first-order chi connectivity index (χ1) is 21.6. The number of aliphatic hydroxyl groups is 3. The summed E-state index contributed by atoms with van der Waals surface area (Å²) in [4.78, 5) is 0. The van der Waals surface area contributed by atoms with Gasteiger partial charge in [-0.25, -0.2) is 0 Å². The summed E-state index contributed by atoms with van der Waals surface area (Å²) in [7, 11) is 0. The number of aliphatic hydroxyl groups excluding tert-OH is 3. The number of unbranched alkanes of at least 4 members (excludes halogenated alkanes) is 27. The Kier molecular flexibility index (Phi) is 32.7. The number of hydrogen-bond donors (Lipinski definition) is 3. The SMILES string of the molecule is CCCCCCCCCCCCC(CO)(CO)C(CO)(CCCCCCCCCCCC)CCCCCCCCCCCC. The Morgan fingerprint density at radius 1 is 0.250 bits per heavy atom. The second-order valence-electron chi connectivity index (χ2n) is 14.8. The minimum absolute atomic E-state index is 0.00297. The maximum absolute atomic E-state index is 11.0. The average Bonchev–Trinajstić information content (AvgIpc) is 3.05. The monoisotopic (exact) mass is 625 g/mol. The first kappa shape index (κ1) is 43.9. The third kappa shape index (κ3) is 21.6. The highest BCUT2D eigenvalue weighted by molar-refractivity contribution is 4.97. The van der Waals surface area contributed by atoms with Crippen LogP contribution in [-0.2, 0) is 0 Å². The highest BCUT2D eigenvalue weighted by atomic mass is 16.3. The molecule has 44 heavy (non-hydrogen) atoms. The van der Waals surface area contributed by atoms with Gasteiger partial charge in [0.1, 0.15) is 0 Å². The van der Waals surface area contributed by atoms with Crippen LogP contribution in [-0.4, -0.2) is 35.1 Å². The van der Waals surface area contributed by atoms with Crippen LogP contribution >= 0.6 is 0 Å². The Morgan fingerprint density at radius 3 is 0.636 bits per heavy atom. The van der Waals surface area contributed by atoms with E-state index in [0.29, 0.717) is 0 Å². The highest BCUT2D eigenvalue weighted by Gasteiger charge is 2.49. The summed E-state index contributed by atoms with van der Waals surface area (Å²) in [6.45, 7) is 6.93. The molecule has 0 aromatic rings. The van der Waals surface area contributed by atoms with Gasteiger partial charge in [0.2, 0.25) is 0 Å². The van der Waals surface area contributed by atoms with E-state index < -0.39 is 5.41 Å². The summed E-state index contributed by atoms with van der Waals surface area (Å²) in [5, 5.41) is 32.7. The first-order valence-corrected chi connectivity index (χ1v) is 20.4. The summed E-state index contributed by atoms with van der Waals surface area (Å²) in [5.41, 5.74) is -0.934. The Labute approximate surface area is 278 Å². The molecule has 0 spiro atoms. The lowest BCUT2D eigenvalue weighted by molar-refractivity contribution is -0.106. The smallest absolute Gasteiger partial charge is 0.0515 e. The summed E-state index contributed by atoms with van der Waals surface area (Å²) < 4.78 is 0. The normalized spacial score (nSPS) is 12.4. The van der Waals surface area contributed by atoms with Gasteiger partial charge in [0.15, 0.2) is 0 Å². The van der Waals surface area contributed by atoms with Crippen molar-refractivity contribution < 1.29 is 15.3 Å². The molecule has 0 radical (unpaired) electrons. The minimum atomic E-state index is -0.569. The zero-order chi connectivity index (χ0) is 32.5. The summed E-state index contributed by atoms with van der Waals surface area (Å²) in [5.74, 6) is 0. The van der Waals surface area contributed by atoms with Crippen molar-refractivity contribution in [3.63, 3.8) is 0 Å². The third-order valence-electron chi connectivity index (χ3n) is 11.1. The van der Waals surface area contributed by atoms with Gasteiger partial charge in [-0.15, -0.1) is 0 Å². The van der Waals surface area contributed by atoms with E-state index in [1.54, 1.807) is 0 Å². The predicted octanol–water partition coefficient (Wildman–Crippen LogP) is 12.9. The van der Waals surface area contributed by atoms with E-state index in [-0.39, 0.29) is 25.2 Å². The van der Waals surface area contributed by atoms with Crippen molar-refractivity contribution in [3.8, 4) is 0 Å². The van der Waals surface area contributed by atoms with Crippen molar-refractivity contribution in [1.82, 2.24) is 0 Å². The maximum atomic E-state index is 11.0. The Morgan fingerprint density at radius 2 is 0.432 bits per heavy atom. The standard InChI is InChI=1S/C41H84O3/c1-4-7-10-13-16-19-22-25-28-31-34-40(37-42,35-32-29-26-23-20-17-14-11-8-5-2)41(38-43,39-44)36-33-30-27-24-21-18-15-12-9-6-3/h42-44H,4-39H2,1-3H3. The van der Waals surface area contributed by atoms with E-state index in [9.17, 15) is 15.3 Å². The molecule has 3 heteroatoms. The topological polar surface area (TPSA) is 60.7 Å². The van der Waals surface area contributed by atoms with Gasteiger partial charge < -0.3 is 15.3 Å². The van der Waals surface area contributed by atoms with Crippen LogP contribution in [0.4, 0.5) is 0 Å². The quantitative estimate of drug-likeness (QED) is 0.0603. The highest BCUT2D eigenvalue weighted by Crippen LogP contribution is 2.50. The lowest BCUT2D eigenvalue weighted by atomic mass is 9.57. The van der Waals surface area contributed by atoms with Crippen LogP contribution in [0, 0.1) is 10.8 Å². The van der Waals surface area contributed by atoms with Gasteiger partial charge in [0, 0.05) is 17.4 Å². The van der Waals surface area contributed by atoms with E-state index in [2.05, 4.69) is 20.8 Å². The van der Waals surface area contributed by atoms with Gasteiger partial charge >= 0.3 is 0 Å². The fourth-order valence-electron chi connectivity index (χ4n) is 7.64. The molecule has 0 aromatic carbocycles. The van der Waals surface area contributed by atoms with Gasteiger partial charge in [-0.1, -0.05) is 213 Å². The van der Waals surface area contributed by atoms with Crippen LogP contribution in [0.25, 0.3) is 0 Å². The van der Waals surface area contributed by atoms with Crippen LogP contribution < -0.4 is 0 Å². The molecule has 0 fully saturated rings. The van der Waals surface area contributed by atoms with Crippen LogP contribution in [0.3, 0.4) is 0 Å². The molecule has 0 rings (SSSR count). The molecule has 266 valence electrons. The second kappa shape index (κ2) is 32.8.